The Labute approximate surface area is 241 Å². The first kappa shape index (κ1) is 22.5. The minimum atomic E-state index is 0.439. The van der Waals surface area contributed by atoms with Gasteiger partial charge in [0.1, 0.15) is 23.7 Å². The first-order valence-corrected chi connectivity index (χ1v) is 13.9. The molecule has 0 aliphatic rings. The average Bonchev–Trinajstić information content (AvgIpc) is 3.76. The van der Waals surface area contributed by atoms with Gasteiger partial charge in [0.2, 0.25) is 23.3 Å². The highest BCUT2D eigenvalue weighted by atomic mass is 16.5. The summed E-state index contributed by atoms with van der Waals surface area (Å²) < 4.78 is 26.3. The third-order valence-corrected chi connectivity index (χ3v) is 8.17. The van der Waals surface area contributed by atoms with Crippen molar-refractivity contribution < 1.29 is 13.6 Å². The molecule has 9 heteroatoms. The summed E-state index contributed by atoms with van der Waals surface area (Å²) in [5.74, 6) is 2.30. The maximum absolute atomic E-state index is 6.28. The van der Waals surface area contributed by atoms with E-state index in [1.807, 2.05) is 78.8 Å². The summed E-state index contributed by atoms with van der Waals surface area (Å²) in [6.07, 6.45) is 11.0. The lowest BCUT2D eigenvalue weighted by Gasteiger charge is -2.02. The summed E-state index contributed by atoms with van der Waals surface area (Å²) in [7, 11) is 0. The van der Waals surface area contributed by atoms with Gasteiger partial charge >= 0.3 is 0 Å². The molecule has 0 atom stereocenters. The molecule has 0 spiro atoms. The summed E-state index contributed by atoms with van der Waals surface area (Å²) in [5, 5.41) is 4.20. The summed E-state index contributed by atoms with van der Waals surface area (Å²) in [6.45, 7) is 0. The van der Waals surface area contributed by atoms with E-state index in [1.165, 1.54) is 0 Å². The second-order valence-electron chi connectivity index (χ2n) is 10.5. The molecule has 204 valence electrons. The molecule has 9 nitrogen and oxygen atoms in total. The molecule has 0 aliphatic heterocycles. The average molecular weight is 561 g/mol. The Balaban J connectivity index is 1.16. The van der Waals surface area contributed by atoms with E-state index in [2.05, 4.69) is 48.5 Å². The maximum atomic E-state index is 6.28. The standard InChI is InChI=1S/C34H20N6O3/c1-3-13-27-21(7-1)23-9-5-11-25-31(23)37(15-17-41-27)33-35-29(19-39(25)33)43-30-20-40-26-12-6-10-24-22-8-2-4-14-28(22)42-18-16-38(32(24)26)34(40)36-30/h1-20H. The van der Waals surface area contributed by atoms with Crippen LogP contribution in [0.15, 0.2) is 131 Å². The third-order valence-electron chi connectivity index (χ3n) is 8.17. The van der Waals surface area contributed by atoms with Crippen LogP contribution in [0.25, 0.3) is 66.3 Å². The van der Waals surface area contributed by atoms with Gasteiger partial charge in [-0.15, -0.1) is 0 Å². The van der Waals surface area contributed by atoms with Gasteiger partial charge in [0.25, 0.3) is 0 Å². The van der Waals surface area contributed by atoms with Crippen molar-refractivity contribution >= 4 is 66.3 Å². The molecule has 43 heavy (non-hydrogen) atoms. The smallest absolute Gasteiger partial charge is 0.241 e. The first-order valence-electron chi connectivity index (χ1n) is 13.9. The Morgan fingerprint density at radius 2 is 0.953 bits per heavy atom. The summed E-state index contributed by atoms with van der Waals surface area (Å²) in [5.41, 5.74) is 5.74. The second kappa shape index (κ2) is 8.17. The zero-order chi connectivity index (χ0) is 28.1. The van der Waals surface area contributed by atoms with Crippen molar-refractivity contribution in [3.05, 3.63) is 122 Å². The van der Waals surface area contributed by atoms with E-state index in [0.717, 1.165) is 54.8 Å². The van der Waals surface area contributed by atoms with Crippen molar-refractivity contribution in [3.63, 3.8) is 0 Å². The molecule has 0 radical (unpaired) electrons. The largest absolute Gasteiger partial charge is 0.463 e. The van der Waals surface area contributed by atoms with Crippen LogP contribution in [0.4, 0.5) is 0 Å². The zero-order valence-corrected chi connectivity index (χ0v) is 22.5. The number of nitrogens with zero attached hydrogens (tertiary/aromatic N) is 6. The molecule has 10 rings (SSSR count). The molecule has 0 bridgehead atoms. The fourth-order valence-electron chi connectivity index (χ4n) is 6.39. The van der Waals surface area contributed by atoms with Crippen LogP contribution in [0.1, 0.15) is 0 Å². The molecule has 10 aromatic rings. The van der Waals surface area contributed by atoms with Gasteiger partial charge < -0.3 is 13.6 Å². The van der Waals surface area contributed by atoms with E-state index >= 15 is 0 Å². The molecule has 0 saturated heterocycles. The number of hydrogen-bond donors (Lipinski definition) is 0. The van der Waals surface area contributed by atoms with Gasteiger partial charge in [0, 0.05) is 33.9 Å². The SMILES string of the molecule is c1ccc2c(c1)occn1c3c2cccc3n2cc(Oc3cn4c5cccc6c7ccccc7occn(c65)c4n3)nc21. The monoisotopic (exact) mass is 560 g/mol. The van der Waals surface area contributed by atoms with Gasteiger partial charge in [-0.25, -0.2) is 0 Å². The second-order valence-corrected chi connectivity index (χ2v) is 10.5. The van der Waals surface area contributed by atoms with Crippen LogP contribution in [0.3, 0.4) is 0 Å². The van der Waals surface area contributed by atoms with Crippen LogP contribution in [0, 0.1) is 0 Å². The normalized spacial score (nSPS) is 12.2. The number of rotatable bonds is 2. The Hall–Kier alpha value is -6.22. The van der Waals surface area contributed by atoms with E-state index in [0.29, 0.717) is 23.3 Å². The van der Waals surface area contributed by atoms with Crippen molar-refractivity contribution in [1.82, 2.24) is 27.6 Å². The van der Waals surface area contributed by atoms with Gasteiger partial charge in [-0.3, -0.25) is 17.6 Å². The van der Waals surface area contributed by atoms with Crippen molar-refractivity contribution in [3.8, 4) is 11.8 Å². The van der Waals surface area contributed by atoms with Crippen molar-refractivity contribution in [2.24, 2.45) is 0 Å². The van der Waals surface area contributed by atoms with Crippen LogP contribution in [0.5, 0.6) is 11.8 Å². The molecular formula is C34H20N6O3. The fraction of sp³-hybridized carbons (Fsp3) is 0. The molecule has 0 amide bonds. The van der Waals surface area contributed by atoms with E-state index in [9.17, 15) is 0 Å². The molecule has 0 saturated carbocycles. The summed E-state index contributed by atoms with van der Waals surface area (Å²) >= 11 is 0. The zero-order valence-electron chi connectivity index (χ0n) is 22.5. The van der Waals surface area contributed by atoms with E-state index in [1.54, 1.807) is 12.5 Å². The number of fused-ring (bicyclic) bond motifs is 10. The molecule has 0 N–H and O–H groups in total. The molecule has 6 heterocycles. The predicted octanol–water partition coefficient (Wildman–Crippen LogP) is 8.20. The Morgan fingerprint density at radius 3 is 1.47 bits per heavy atom. The number of benzene rings is 4. The summed E-state index contributed by atoms with van der Waals surface area (Å²) in [6, 6.07) is 28.6. The van der Waals surface area contributed by atoms with E-state index in [-0.39, 0.29) is 0 Å². The van der Waals surface area contributed by atoms with Crippen LogP contribution < -0.4 is 4.74 Å². The van der Waals surface area contributed by atoms with Crippen LogP contribution in [-0.2, 0) is 0 Å². The topological polar surface area (TPSA) is 78.9 Å². The van der Waals surface area contributed by atoms with Gasteiger partial charge in [-0.1, -0.05) is 60.7 Å². The van der Waals surface area contributed by atoms with Crippen molar-refractivity contribution in [2.75, 3.05) is 0 Å². The maximum Gasteiger partial charge on any atom is 0.241 e. The van der Waals surface area contributed by atoms with E-state index in [4.69, 9.17) is 23.5 Å². The lowest BCUT2D eigenvalue weighted by atomic mass is 10.1. The molecule has 0 aliphatic carbocycles. The number of aromatic nitrogens is 6. The van der Waals surface area contributed by atoms with Gasteiger partial charge in [-0.2, -0.15) is 9.97 Å². The van der Waals surface area contributed by atoms with Gasteiger partial charge in [0.15, 0.2) is 0 Å². The number of para-hydroxylation sites is 4. The molecule has 4 aromatic carbocycles. The van der Waals surface area contributed by atoms with E-state index < -0.39 is 0 Å². The highest BCUT2D eigenvalue weighted by molar-refractivity contribution is 6.10. The minimum Gasteiger partial charge on any atom is -0.463 e. The summed E-state index contributed by atoms with van der Waals surface area (Å²) in [4.78, 5) is 9.73. The highest BCUT2D eigenvalue weighted by Crippen LogP contribution is 2.33. The number of hydrogen-bond acceptors (Lipinski definition) is 5. The molecule has 6 aromatic heterocycles. The molecular weight excluding hydrogens is 540 g/mol. The fourth-order valence-corrected chi connectivity index (χ4v) is 6.39. The number of imidazole rings is 4. The minimum absolute atomic E-state index is 0.439. The molecule has 0 fully saturated rings. The van der Waals surface area contributed by atoms with Gasteiger partial charge in [-0.05, 0) is 24.3 Å². The van der Waals surface area contributed by atoms with Gasteiger partial charge in [0.05, 0.1) is 34.5 Å². The van der Waals surface area contributed by atoms with Crippen LogP contribution in [-0.4, -0.2) is 27.6 Å². The Bertz CT molecular complexity index is 2590. The Morgan fingerprint density at radius 1 is 0.488 bits per heavy atom. The highest BCUT2D eigenvalue weighted by Gasteiger charge is 2.18. The molecule has 0 unspecified atom stereocenters. The lowest BCUT2D eigenvalue weighted by Crippen LogP contribution is -1.88. The third kappa shape index (κ3) is 3.05. The quantitative estimate of drug-likeness (QED) is 0.213. The Kier molecular flexibility index (Phi) is 4.27. The predicted molar refractivity (Wildman–Crippen MR) is 165 cm³/mol. The number of ether oxygens (including phenoxy) is 1. The van der Waals surface area contributed by atoms with Crippen LogP contribution in [0.2, 0.25) is 0 Å². The van der Waals surface area contributed by atoms with Crippen molar-refractivity contribution in [2.45, 2.75) is 0 Å². The lowest BCUT2D eigenvalue weighted by molar-refractivity contribution is 0.450. The van der Waals surface area contributed by atoms with Crippen LogP contribution >= 0.6 is 0 Å². The first-order chi connectivity index (χ1) is 21.3. The van der Waals surface area contributed by atoms with Crippen molar-refractivity contribution in [1.29, 1.82) is 0 Å².